The number of fused-ring (bicyclic) bond motifs is 1. The Labute approximate surface area is 137 Å². The quantitative estimate of drug-likeness (QED) is 0.529. The van der Waals surface area contributed by atoms with Crippen LogP contribution in [0.4, 0.5) is 16.2 Å². The number of nitrogen functional groups attached to an aromatic ring is 1. The van der Waals surface area contributed by atoms with E-state index in [0.29, 0.717) is 23.0 Å². The molecular weight excluding hydrogens is 319 g/mol. The van der Waals surface area contributed by atoms with Gasteiger partial charge in [0.1, 0.15) is 25.1 Å². The van der Waals surface area contributed by atoms with E-state index in [1.54, 1.807) is 4.57 Å². The minimum absolute atomic E-state index is 0.0647. The fourth-order valence-electron chi connectivity index (χ4n) is 2.31. The zero-order valence-electron chi connectivity index (χ0n) is 13.3. The first kappa shape index (κ1) is 16.8. The lowest BCUT2D eigenvalue weighted by atomic mass is 10.1. The fourth-order valence-corrected chi connectivity index (χ4v) is 2.31. The van der Waals surface area contributed by atoms with E-state index < -0.39 is 25.0 Å². The topological polar surface area (TPSA) is 131 Å². The van der Waals surface area contributed by atoms with Gasteiger partial charge >= 0.3 is 0 Å². The number of rotatable bonds is 8. The van der Waals surface area contributed by atoms with E-state index >= 15 is 0 Å². The van der Waals surface area contributed by atoms with Crippen molar-refractivity contribution in [2.24, 2.45) is 0 Å². The van der Waals surface area contributed by atoms with Gasteiger partial charge in [0, 0.05) is 6.04 Å². The van der Waals surface area contributed by atoms with E-state index in [1.807, 2.05) is 0 Å². The summed E-state index contributed by atoms with van der Waals surface area (Å²) in [5, 5.41) is 22.2. The molecule has 1 aliphatic carbocycles. The first-order valence-electron chi connectivity index (χ1n) is 7.79. The number of nitrogens with one attached hydrogen (secondary N) is 1. The molecule has 0 bridgehead atoms. The summed E-state index contributed by atoms with van der Waals surface area (Å²) < 4.78 is 20.1. The van der Waals surface area contributed by atoms with Crippen LogP contribution in [-0.4, -0.2) is 60.8 Å². The zero-order chi connectivity index (χ0) is 17.3. The smallest absolute Gasteiger partial charge is 0.224 e. The van der Waals surface area contributed by atoms with Crippen molar-refractivity contribution in [2.45, 2.75) is 50.9 Å². The minimum atomic E-state index is -1.52. The van der Waals surface area contributed by atoms with Crippen molar-refractivity contribution in [3.8, 4) is 0 Å². The maximum atomic E-state index is 13.2. The zero-order valence-corrected chi connectivity index (χ0v) is 13.3. The number of anilines is 2. The van der Waals surface area contributed by atoms with E-state index in [2.05, 4.69) is 20.3 Å². The van der Waals surface area contributed by atoms with Gasteiger partial charge in [0.2, 0.25) is 5.95 Å². The molecule has 0 aromatic carbocycles. The first-order chi connectivity index (χ1) is 11.5. The minimum Gasteiger partial charge on any atom is -0.394 e. The van der Waals surface area contributed by atoms with Crippen molar-refractivity contribution < 1.29 is 19.3 Å². The Bertz CT molecular complexity index is 705. The number of aliphatic hydroxyl groups is 2. The van der Waals surface area contributed by atoms with Crippen LogP contribution in [0.2, 0.25) is 0 Å². The van der Waals surface area contributed by atoms with E-state index in [0.717, 1.165) is 12.8 Å². The molecule has 24 heavy (non-hydrogen) atoms. The number of halogens is 1. The highest BCUT2D eigenvalue weighted by atomic mass is 19.1. The second-order valence-corrected chi connectivity index (χ2v) is 5.92. The molecule has 1 fully saturated rings. The summed E-state index contributed by atoms with van der Waals surface area (Å²) in [6, 6.07) is 0.379. The lowest BCUT2D eigenvalue weighted by Gasteiger charge is -2.22. The fraction of sp³-hybridized carbons (Fsp3) is 0.643. The summed E-state index contributed by atoms with van der Waals surface area (Å²) >= 11 is 0. The summed E-state index contributed by atoms with van der Waals surface area (Å²) in [6.45, 7) is 0.630. The molecule has 2 heterocycles. The van der Waals surface area contributed by atoms with Crippen LogP contribution in [0.5, 0.6) is 0 Å². The average Bonchev–Trinajstić information content (AvgIpc) is 3.26. The van der Waals surface area contributed by atoms with Crippen LogP contribution >= 0.6 is 0 Å². The lowest BCUT2D eigenvalue weighted by molar-refractivity contribution is -0.106. The Kier molecular flexibility index (Phi) is 4.78. The number of alkyl halides is 1. The van der Waals surface area contributed by atoms with Gasteiger partial charge in [0.25, 0.3) is 0 Å². The van der Waals surface area contributed by atoms with E-state index in [4.69, 9.17) is 10.5 Å². The second-order valence-electron chi connectivity index (χ2n) is 5.92. The number of hydrogen-bond acceptors (Lipinski definition) is 8. The summed E-state index contributed by atoms with van der Waals surface area (Å²) in [6.07, 6.45) is -0.341. The Morgan fingerprint density at radius 2 is 2.25 bits per heavy atom. The highest BCUT2D eigenvalue weighted by molar-refractivity contribution is 5.84. The highest BCUT2D eigenvalue weighted by Crippen LogP contribution is 2.27. The molecule has 0 spiro atoms. The van der Waals surface area contributed by atoms with Crippen LogP contribution in [-0.2, 0) is 11.5 Å². The van der Waals surface area contributed by atoms with Crippen LogP contribution < -0.4 is 11.1 Å². The molecular formula is C14H21FN6O3. The molecule has 3 rings (SSSR count). The average molecular weight is 340 g/mol. The molecule has 0 saturated heterocycles. The van der Waals surface area contributed by atoms with Gasteiger partial charge in [-0.3, -0.25) is 4.57 Å². The van der Waals surface area contributed by atoms with Crippen molar-refractivity contribution in [1.82, 2.24) is 19.5 Å². The van der Waals surface area contributed by atoms with E-state index in [-0.39, 0.29) is 12.7 Å². The number of nitrogens with two attached hydrogens (primary N) is 1. The van der Waals surface area contributed by atoms with Gasteiger partial charge in [-0.2, -0.15) is 9.97 Å². The summed E-state index contributed by atoms with van der Waals surface area (Å²) in [5.74, 6) is 0.665. The van der Waals surface area contributed by atoms with Crippen LogP contribution in [0.25, 0.3) is 11.2 Å². The molecule has 1 aliphatic rings. The van der Waals surface area contributed by atoms with Crippen LogP contribution in [0, 0.1) is 0 Å². The van der Waals surface area contributed by atoms with Gasteiger partial charge < -0.3 is 26.0 Å². The number of nitrogens with zero attached hydrogens (tertiary/aromatic N) is 4. The van der Waals surface area contributed by atoms with Gasteiger partial charge in [-0.15, -0.1) is 0 Å². The SMILES string of the molecule is CC(F)[C@@H](O)[C@@H](CO)OCn1cnc2c(NC3CC3)nc(N)nc21. The largest absolute Gasteiger partial charge is 0.394 e. The van der Waals surface area contributed by atoms with Gasteiger partial charge in [0.15, 0.2) is 17.0 Å². The number of imidazole rings is 1. The van der Waals surface area contributed by atoms with E-state index in [1.165, 1.54) is 13.3 Å². The Morgan fingerprint density at radius 3 is 2.88 bits per heavy atom. The highest BCUT2D eigenvalue weighted by Gasteiger charge is 2.26. The molecule has 0 radical (unpaired) electrons. The number of aromatic nitrogens is 4. The third-order valence-corrected chi connectivity index (χ3v) is 3.86. The molecule has 9 nitrogen and oxygen atoms in total. The summed E-state index contributed by atoms with van der Waals surface area (Å²) in [4.78, 5) is 12.6. The lowest BCUT2D eigenvalue weighted by Crippen LogP contribution is -2.38. The van der Waals surface area contributed by atoms with Crippen molar-refractivity contribution in [3.63, 3.8) is 0 Å². The van der Waals surface area contributed by atoms with Crippen molar-refractivity contribution in [2.75, 3.05) is 17.7 Å². The van der Waals surface area contributed by atoms with Gasteiger partial charge in [0.05, 0.1) is 12.9 Å². The molecule has 10 heteroatoms. The number of ether oxygens (including phenoxy) is 1. The number of hydrogen-bond donors (Lipinski definition) is 4. The third kappa shape index (κ3) is 3.55. The molecule has 0 amide bonds. The molecule has 132 valence electrons. The molecule has 3 atom stereocenters. The third-order valence-electron chi connectivity index (χ3n) is 3.86. The summed E-state index contributed by atoms with van der Waals surface area (Å²) in [7, 11) is 0. The first-order valence-corrected chi connectivity index (χ1v) is 7.79. The Hall–Kier alpha value is -2.04. The standard InChI is InChI=1S/C14H21FN6O3/c1-7(15)11(23)9(4-22)24-6-21-5-17-10-12(18-8-2-3-8)19-14(16)20-13(10)21/h5,7-9,11,22-23H,2-4,6H2,1H3,(H3,16,18,19,20)/t7?,9-,11-/m1/s1. The Balaban J connectivity index is 1.78. The van der Waals surface area contributed by atoms with Crippen molar-refractivity contribution in [1.29, 1.82) is 0 Å². The van der Waals surface area contributed by atoms with Gasteiger partial charge in [-0.25, -0.2) is 9.37 Å². The maximum Gasteiger partial charge on any atom is 0.224 e. The monoisotopic (exact) mass is 340 g/mol. The molecule has 0 aliphatic heterocycles. The number of aliphatic hydroxyl groups excluding tert-OH is 2. The van der Waals surface area contributed by atoms with E-state index in [9.17, 15) is 14.6 Å². The van der Waals surface area contributed by atoms with Crippen LogP contribution in [0.15, 0.2) is 6.33 Å². The molecule has 2 aromatic rings. The predicted molar refractivity (Wildman–Crippen MR) is 84.9 cm³/mol. The van der Waals surface area contributed by atoms with Crippen LogP contribution in [0.3, 0.4) is 0 Å². The van der Waals surface area contributed by atoms with Crippen LogP contribution in [0.1, 0.15) is 19.8 Å². The Morgan fingerprint density at radius 1 is 1.50 bits per heavy atom. The predicted octanol–water partition coefficient (Wildman–Crippen LogP) is 0.0367. The normalized spacial score (nSPS) is 18.5. The molecule has 2 aromatic heterocycles. The maximum absolute atomic E-state index is 13.2. The van der Waals surface area contributed by atoms with Gasteiger partial charge in [-0.1, -0.05) is 0 Å². The van der Waals surface area contributed by atoms with Crippen molar-refractivity contribution in [3.05, 3.63) is 6.33 Å². The second kappa shape index (κ2) is 6.83. The molecule has 5 N–H and O–H groups in total. The van der Waals surface area contributed by atoms with Crippen molar-refractivity contribution >= 4 is 22.9 Å². The molecule has 1 unspecified atom stereocenters. The summed E-state index contributed by atoms with van der Waals surface area (Å²) in [5.41, 5.74) is 6.76. The molecule has 1 saturated carbocycles. The van der Waals surface area contributed by atoms with Gasteiger partial charge in [-0.05, 0) is 19.8 Å².